The lowest BCUT2D eigenvalue weighted by Gasteiger charge is -2.10. The maximum atomic E-state index is 11.5. The molecule has 0 aromatic rings. The monoisotopic (exact) mass is 144 g/mol. The smallest absolute Gasteiger partial charge is 0.375 e. The predicted molar refractivity (Wildman–Crippen MR) is 19.7 cm³/mol. The molecule has 2 N–H and O–H groups in total. The van der Waals surface area contributed by atoms with Crippen molar-refractivity contribution in [3.05, 3.63) is 0 Å². The minimum absolute atomic E-state index is 2.59. The van der Waals surface area contributed by atoms with Crippen molar-refractivity contribution in [1.82, 2.24) is 0 Å². The molecule has 9 heavy (non-hydrogen) atoms. The van der Waals surface area contributed by atoms with Gasteiger partial charge in [0, 0.05) is 0 Å². The van der Waals surface area contributed by atoms with Gasteiger partial charge in [0.25, 0.3) is 0 Å². The Bertz CT molecular complexity index is 121. The molecule has 6 heteroatoms. The summed E-state index contributed by atoms with van der Waals surface area (Å²) >= 11 is 0. The molecule has 3 nitrogen and oxygen atoms in total. The van der Waals surface area contributed by atoms with Gasteiger partial charge >= 0.3 is 18.2 Å². The van der Waals surface area contributed by atoms with Gasteiger partial charge in [0.1, 0.15) is 0 Å². The molecule has 1 atom stereocenters. The van der Waals surface area contributed by atoms with E-state index in [0.717, 1.165) is 0 Å². The Morgan fingerprint density at radius 3 is 1.89 bits per heavy atom. The highest BCUT2D eigenvalue weighted by Crippen LogP contribution is 2.16. The zero-order chi connectivity index (χ0) is 7.65. The number of halogens is 3. The summed E-state index contributed by atoms with van der Waals surface area (Å²) in [6, 6.07) is 0. The molecule has 0 spiro atoms. The third-order valence-corrected chi connectivity index (χ3v) is 0.589. The van der Waals surface area contributed by atoms with Crippen molar-refractivity contribution in [3.63, 3.8) is 0 Å². The van der Waals surface area contributed by atoms with E-state index < -0.39 is 18.2 Å². The van der Waals surface area contributed by atoms with Crippen LogP contribution in [0.5, 0.6) is 0 Å². The molecule has 1 unspecified atom stereocenters. The molecule has 0 heterocycles. The van der Waals surface area contributed by atoms with E-state index in [0.29, 0.717) is 0 Å². The van der Waals surface area contributed by atoms with Crippen molar-refractivity contribution in [2.75, 3.05) is 0 Å². The molecular formula is C3H3F3O3. The van der Waals surface area contributed by atoms with E-state index in [9.17, 15) is 18.0 Å². The summed E-state index contributed by atoms with van der Waals surface area (Å²) in [7, 11) is 0. The van der Waals surface area contributed by atoms with E-state index in [1.54, 1.807) is 0 Å². The average Bonchev–Trinajstić information content (AvgIpc) is 1.65. The van der Waals surface area contributed by atoms with Crippen LogP contribution in [-0.2, 0) is 4.79 Å². The third kappa shape index (κ3) is 1.56. The zero-order valence-electron chi connectivity index (χ0n) is 4.01. The Kier molecular flexibility index (Phi) is 2.03. The van der Waals surface area contributed by atoms with Gasteiger partial charge in [0.15, 0.2) is 0 Å². The fraction of sp³-hybridized carbons (Fsp3) is 0.667. The topological polar surface area (TPSA) is 57.5 Å². The van der Waals surface area contributed by atoms with Gasteiger partial charge < -0.3 is 10.2 Å². The molecule has 0 bridgehead atoms. The second-order valence-corrected chi connectivity index (χ2v) is 1.28. The largest absolute Gasteiger partial charge is 0.477 e. The molecule has 0 fully saturated rings. The second-order valence-electron chi connectivity index (χ2n) is 1.28. The highest BCUT2D eigenvalue weighted by Gasteiger charge is 2.46. The quantitative estimate of drug-likeness (QED) is 0.573. The number of carboxylic acid groups (broad SMARTS) is 1. The second kappa shape index (κ2) is 2.22. The fourth-order valence-electron chi connectivity index (χ4n) is 0.0933. The maximum absolute atomic E-state index is 11.5. The van der Waals surface area contributed by atoms with Crippen LogP contribution in [-0.4, -0.2) is 28.5 Å². The third-order valence-electron chi connectivity index (χ3n) is 0.589. The van der Waals surface area contributed by atoms with E-state index in [-0.39, 0.29) is 0 Å². The lowest BCUT2D eigenvalue weighted by molar-refractivity contribution is -0.213. The first-order valence-electron chi connectivity index (χ1n) is 1.82. The lowest BCUT2D eigenvalue weighted by atomic mass is 10.3. The molecule has 0 saturated heterocycles. The Hall–Kier alpha value is -0.780. The molecule has 0 aliphatic rings. The number of rotatable bonds is 2. The summed E-state index contributed by atoms with van der Waals surface area (Å²) in [4.78, 5) is 9.36. The van der Waals surface area contributed by atoms with Crippen LogP contribution in [0, 0.1) is 0 Å². The normalized spacial score (nSPS) is 17.4. The molecule has 0 aromatic carbocycles. The zero-order valence-corrected chi connectivity index (χ0v) is 4.01. The standard InChI is InChI=1S/C3H3F3O3/c4-1(5)3(6,9)2(7)8/h1,9H,(H,7,8). The van der Waals surface area contributed by atoms with Gasteiger partial charge in [-0.25, -0.2) is 13.6 Å². The highest BCUT2D eigenvalue weighted by atomic mass is 19.3. The molecule has 0 aliphatic carbocycles. The van der Waals surface area contributed by atoms with Gasteiger partial charge in [-0.2, -0.15) is 4.39 Å². The summed E-state index contributed by atoms with van der Waals surface area (Å²) in [5.74, 6) is -7.00. The number of hydrogen-bond acceptors (Lipinski definition) is 2. The van der Waals surface area contributed by atoms with Crippen LogP contribution >= 0.6 is 0 Å². The summed E-state index contributed by atoms with van der Waals surface area (Å²) < 4.78 is 33.7. The number of hydrogen-bond donors (Lipinski definition) is 2. The van der Waals surface area contributed by atoms with Crippen molar-refractivity contribution >= 4 is 5.97 Å². The number of aliphatic carboxylic acids is 1. The van der Waals surface area contributed by atoms with Crippen molar-refractivity contribution < 1.29 is 28.2 Å². The minimum atomic E-state index is -4.42. The Morgan fingerprint density at radius 1 is 1.56 bits per heavy atom. The maximum Gasteiger partial charge on any atom is 0.375 e. The minimum Gasteiger partial charge on any atom is -0.477 e. The Balaban J connectivity index is 4.19. The van der Waals surface area contributed by atoms with Crippen LogP contribution in [0.4, 0.5) is 13.2 Å². The van der Waals surface area contributed by atoms with Crippen LogP contribution in [0.1, 0.15) is 0 Å². The molecule has 0 saturated carbocycles. The molecule has 0 aromatic heterocycles. The van der Waals surface area contributed by atoms with Gasteiger partial charge in [0.2, 0.25) is 0 Å². The van der Waals surface area contributed by atoms with Gasteiger partial charge in [-0.1, -0.05) is 0 Å². The van der Waals surface area contributed by atoms with E-state index in [1.807, 2.05) is 0 Å². The molecule has 54 valence electrons. The summed E-state index contributed by atoms with van der Waals surface area (Å²) in [6.07, 6.45) is -3.92. The van der Waals surface area contributed by atoms with E-state index in [2.05, 4.69) is 0 Å². The van der Waals surface area contributed by atoms with Crippen LogP contribution in [0.25, 0.3) is 0 Å². The predicted octanol–water partition coefficient (Wildman–Crippen LogP) is -0.00580. The van der Waals surface area contributed by atoms with E-state index in [4.69, 9.17) is 10.2 Å². The van der Waals surface area contributed by atoms with Crippen LogP contribution in [0.15, 0.2) is 0 Å². The first kappa shape index (κ1) is 8.22. The number of carbonyl (C=O) groups is 1. The summed E-state index contributed by atoms with van der Waals surface area (Å²) in [6.45, 7) is 0. The molecule has 0 rings (SSSR count). The van der Waals surface area contributed by atoms with Gasteiger partial charge in [-0.15, -0.1) is 0 Å². The van der Waals surface area contributed by atoms with Crippen molar-refractivity contribution in [1.29, 1.82) is 0 Å². The van der Waals surface area contributed by atoms with Crippen molar-refractivity contribution in [3.8, 4) is 0 Å². The summed E-state index contributed by atoms with van der Waals surface area (Å²) in [5.41, 5.74) is 0. The Morgan fingerprint density at radius 2 is 1.89 bits per heavy atom. The van der Waals surface area contributed by atoms with Crippen LogP contribution < -0.4 is 0 Å². The average molecular weight is 144 g/mol. The van der Waals surface area contributed by atoms with Crippen LogP contribution in [0.3, 0.4) is 0 Å². The number of alkyl halides is 3. The number of carboxylic acids is 1. The highest BCUT2D eigenvalue weighted by molar-refractivity contribution is 5.75. The summed E-state index contributed by atoms with van der Waals surface area (Å²) in [5, 5.41) is 15.2. The van der Waals surface area contributed by atoms with Gasteiger partial charge in [-0.3, -0.25) is 0 Å². The van der Waals surface area contributed by atoms with Crippen molar-refractivity contribution in [2.45, 2.75) is 12.3 Å². The van der Waals surface area contributed by atoms with Gasteiger partial charge in [0.05, 0.1) is 0 Å². The van der Waals surface area contributed by atoms with Crippen LogP contribution in [0.2, 0.25) is 0 Å². The Labute approximate surface area is 47.7 Å². The van der Waals surface area contributed by atoms with E-state index >= 15 is 0 Å². The first-order valence-corrected chi connectivity index (χ1v) is 1.82. The number of aliphatic hydroxyl groups is 1. The van der Waals surface area contributed by atoms with E-state index in [1.165, 1.54) is 0 Å². The van der Waals surface area contributed by atoms with Crippen molar-refractivity contribution in [2.24, 2.45) is 0 Å². The SMILES string of the molecule is O=C(O)C(O)(F)C(F)F. The molecule has 0 radical (unpaired) electrons. The molecule has 0 amide bonds. The van der Waals surface area contributed by atoms with Gasteiger partial charge in [-0.05, 0) is 0 Å². The molecular weight excluding hydrogens is 141 g/mol. The lowest BCUT2D eigenvalue weighted by Crippen LogP contribution is -2.40. The first-order chi connectivity index (χ1) is 3.89. The fourth-order valence-corrected chi connectivity index (χ4v) is 0.0933. The molecule has 0 aliphatic heterocycles.